The molecule has 18 heavy (non-hydrogen) atoms. The highest BCUT2D eigenvalue weighted by Crippen LogP contribution is 2.24. The van der Waals surface area contributed by atoms with Gasteiger partial charge < -0.3 is 9.73 Å². The number of hydrogen-bond acceptors (Lipinski definition) is 3. The van der Waals surface area contributed by atoms with E-state index in [2.05, 4.69) is 51.9 Å². The number of nitrogens with one attached hydrogen (secondary N) is 1. The van der Waals surface area contributed by atoms with Gasteiger partial charge in [0.15, 0.2) is 0 Å². The second kappa shape index (κ2) is 6.39. The Morgan fingerprint density at radius 2 is 2.00 bits per heavy atom. The number of likely N-dealkylation sites (N-methyl/N-ethyl adjacent to an activating group) is 1. The SMILES string of the molecule is CC(CNCc1ccco1)N(C)C(C)C(C)(C)C. The summed E-state index contributed by atoms with van der Waals surface area (Å²) in [5.74, 6) is 0.994. The molecule has 0 amide bonds. The summed E-state index contributed by atoms with van der Waals surface area (Å²) in [6.45, 7) is 13.2. The third-order valence-corrected chi connectivity index (χ3v) is 3.88. The van der Waals surface area contributed by atoms with Crippen LogP contribution in [0.4, 0.5) is 0 Å². The second-order valence-corrected chi connectivity index (χ2v) is 6.27. The molecule has 3 heteroatoms. The van der Waals surface area contributed by atoms with Gasteiger partial charge in [0, 0.05) is 18.6 Å². The van der Waals surface area contributed by atoms with Gasteiger partial charge in [-0.3, -0.25) is 4.90 Å². The summed E-state index contributed by atoms with van der Waals surface area (Å²) in [7, 11) is 2.20. The van der Waals surface area contributed by atoms with Crippen LogP contribution >= 0.6 is 0 Å². The topological polar surface area (TPSA) is 28.4 Å². The fourth-order valence-corrected chi connectivity index (χ4v) is 1.95. The Kier molecular flexibility index (Phi) is 5.42. The van der Waals surface area contributed by atoms with E-state index in [9.17, 15) is 0 Å². The van der Waals surface area contributed by atoms with E-state index in [0.717, 1.165) is 18.8 Å². The van der Waals surface area contributed by atoms with E-state index in [1.165, 1.54) is 0 Å². The molecule has 1 rings (SSSR count). The Bertz CT molecular complexity index is 327. The van der Waals surface area contributed by atoms with Crippen LogP contribution in [0.25, 0.3) is 0 Å². The van der Waals surface area contributed by atoms with Crippen molar-refractivity contribution in [3.63, 3.8) is 0 Å². The molecule has 0 aliphatic carbocycles. The predicted molar refractivity (Wildman–Crippen MR) is 76.6 cm³/mol. The lowest BCUT2D eigenvalue weighted by molar-refractivity contribution is 0.103. The van der Waals surface area contributed by atoms with Crippen molar-refractivity contribution in [2.24, 2.45) is 5.41 Å². The Hall–Kier alpha value is -0.800. The van der Waals surface area contributed by atoms with Crippen molar-refractivity contribution in [3.05, 3.63) is 24.2 Å². The van der Waals surface area contributed by atoms with Gasteiger partial charge >= 0.3 is 0 Å². The molecule has 1 heterocycles. The van der Waals surface area contributed by atoms with Crippen molar-refractivity contribution < 1.29 is 4.42 Å². The van der Waals surface area contributed by atoms with Crippen molar-refractivity contribution in [1.29, 1.82) is 0 Å². The first-order chi connectivity index (χ1) is 8.32. The average molecular weight is 252 g/mol. The van der Waals surface area contributed by atoms with Crippen LogP contribution in [-0.4, -0.2) is 30.6 Å². The highest BCUT2D eigenvalue weighted by atomic mass is 16.3. The smallest absolute Gasteiger partial charge is 0.117 e. The minimum absolute atomic E-state index is 0.310. The second-order valence-electron chi connectivity index (χ2n) is 6.27. The van der Waals surface area contributed by atoms with Gasteiger partial charge in [-0.15, -0.1) is 0 Å². The highest BCUT2D eigenvalue weighted by Gasteiger charge is 2.26. The van der Waals surface area contributed by atoms with Crippen molar-refractivity contribution in [2.75, 3.05) is 13.6 Å². The molecule has 1 aromatic rings. The molecular weight excluding hydrogens is 224 g/mol. The Balaban J connectivity index is 2.33. The van der Waals surface area contributed by atoms with Crippen LogP contribution in [0.3, 0.4) is 0 Å². The van der Waals surface area contributed by atoms with E-state index < -0.39 is 0 Å². The van der Waals surface area contributed by atoms with Gasteiger partial charge in [-0.25, -0.2) is 0 Å². The molecule has 1 aromatic heterocycles. The normalized spacial score (nSPS) is 15.9. The van der Waals surface area contributed by atoms with Crippen molar-refractivity contribution in [2.45, 2.75) is 53.2 Å². The van der Waals surface area contributed by atoms with Crippen molar-refractivity contribution in [1.82, 2.24) is 10.2 Å². The van der Waals surface area contributed by atoms with Gasteiger partial charge in [-0.05, 0) is 38.4 Å². The first kappa shape index (κ1) is 15.3. The minimum atomic E-state index is 0.310. The van der Waals surface area contributed by atoms with Crippen LogP contribution in [0.1, 0.15) is 40.4 Å². The first-order valence-corrected chi connectivity index (χ1v) is 6.77. The van der Waals surface area contributed by atoms with E-state index in [4.69, 9.17) is 4.42 Å². The zero-order valence-corrected chi connectivity index (χ0v) is 12.7. The van der Waals surface area contributed by atoms with Crippen LogP contribution in [0.15, 0.2) is 22.8 Å². The fraction of sp³-hybridized carbons (Fsp3) is 0.733. The molecule has 104 valence electrons. The molecule has 0 radical (unpaired) electrons. The van der Waals surface area contributed by atoms with Crippen molar-refractivity contribution >= 4 is 0 Å². The van der Waals surface area contributed by atoms with E-state index in [1.807, 2.05) is 12.1 Å². The Morgan fingerprint density at radius 1 is 1.33 bits per heavy atom. The molecule has 0 aromatic carbocycles. The molecule has 3 nitrogen and oxygen atoms in total. The summed E-state index contributed by atoms with van der Waals surface area (Å²) in [5.41, 5.74) is 0.310. The molecule has 0 saturated carbocycles. The summed E-state index contributed by atoms with van der Waals surface area (Å²) >= 11 is 0. The number of hydrogen-bond donors (Lipinski definition) is 1. The monoisotopic (exact) mass is 252 g/mol. The lowest BCUT2D eigenvalue weighted by Gasteiger charge is -2.39. The fourth-order valence-electron chi connectivity index (χ4n) is 1.95. The van der Waals surface area contributed by atoms with Crippen LogP contribution in [0.2, 0.25) is 0 Å². The molecule has 0 fully saturated rings. The van der Waals surface area contributed by atoms with E-state index in [1.54, 1.807) is 6.26 Å². The maximum Gasteiger partial charge on any atom is 0.117 e. The molecule has 2 unspecified atom stereocenters. The van der Waals surface area contributed by atoms with Gasteiger partial charge in [-0.2, -0.15) is 0 Å². The largest absolute Gasteiger partial charge is 0.468 e. The predicted octanol–water partition coefficient (Wildman–Crippen LogP) is 3.12. The molecular formula is C15H28N2O. The molecule has 0 aliphatic heterocycles. The van der Waals surface area contributed by atoms with Crippen LogP contribution in [0.5, 0.6) is 0 Å². The average Bonchev–Trinajstić information content (AvgIpc) is 2.78. The van der Waals surface area contributed by atoms with Gasteiger partial charge in [0.2, 0.25) is 0 Å². The summed E-state index contributed by atoms with van der Waals surface area (Å²) < 4.78 is 5.30. The Labute approximate surface area is 112 Å². The standard InChI is InChI=1S/C15H28N2O/c1-12(17(6)13(2)15(3,4)5)10-16-11-14-8-7-9-18-14/h7-9,12-13,16H,10-11H2,1-6H3. The molecule has 0 bridgehead atoms. The number of rotatable bonds is 6. The number of nitrogens with zero attached hydrogens (tertiary/aromatic N) is 1. The van der Waals surface area contributed by atoms with E-state index >= 15 is 0 Å². The summed E-state index contributed by atoms with van der Waals surface area (Å²) in [4.78, 5) is 2.44. The quantitative estimate of drug-likeness (QED) is 0.843. The molecule has 0 saturated heterocycles. The van der Waals surface area contributed by atoms with Crippen molar-refractivity contribution in [3.8, 4) is 0 Å². The molecule has 1 N–H and O–H groups in total. The number of furan rings is 1. The summed E-state index contributed by atoms with van der Waals surface area (Å²) in [6.07, 6.45) is 1.72. The van der Waals surface area contributed by atoms with Gasteiger partial charge in [-0.1, -0.05) is 20.8 Å². The van der Waals surface area contributed by atoms with Gasteiger partial charge in [0.05, 0.1) is 12.8 Å². The molecule has 0 aliphatic rings. The maximum atomic E-state index is 5.30. The van der Waals surface area contributed by atoms with Crippen LogP contribution in [-0.2, 0) is 6.54 Å². The first-order valence-electron chi connectivity index (χ1n) is 6.77. The summed E-state index contributed by atoms with van der Waals surface area (Å²) in [5, 5.41) is 3.44. The third kappa shape index (κ3) is 4.46. The van der Waals surface area contributed by atoms with E-state index in [-0.39, 0.29) is 0 Å². The Morgan fingerprint density at radius 3 is 2.50 bits per heavy atom. The van der Waals surface area contributed by atoms with Crippen LogP contribution < -0.4 is 5.32 Å². The summed E-state index contributed by atoms with van der Waals surface area (Å²) in [6, 6.07) is 4.99. The maximum absolute atomic E-state index is 5.30. The lowest BCUT2D eigenvalue weighted by atomic mass is 9.86. The molecule has 2 atom stereocenters. The minimum Gasteiger partial charge on any atom is -0.468 e. The lowest BCUT2D eigenvalue weighted by Crippen LogP contribution is -2.47. The zero-order valence-electron chi connectivity index (χ0n) is 12.7. The van der Waals surface area contributed by atoms with Gasteiger partial charge in [0.1, 0.15) is 5.76 Å². The molecule has 0 spiro atoms. The highest BCUT2D eigenvalue weighted by molar-refractivity contribution is 4.97. The zero-order chi connectivity index (χ0) is 13.8. The third-order valence-electron chi connectivity index (χ3n) is 3.88. The van der Waals surface area contributed by atoms with Crippen LogP contribution in [0, 0.1) is 5.41 Å². The van der Waals surface area contributed by atoms with Gasteiger partial charge in [0.25, 0.3) is 0 Å². The van der Waals surface area contributed by atoms with E-state index in [0.29, 0.717) is 17.5 Å².